The summed E-state index contributed by atoms with van der Waals surface area (Å²) in [6.45, 7) is 1.76. The molecule has 0 atom stereocenters. The van der Waals surface area contributed by atoms with Gasteiger partial charge in [-0.3, -0.25) is 4.98 Å². The molecule has 1 heterocycles. The van der Waals surface area contributed by atoms with Crippen LogP contribution in [0.25, 0.3) is 28.0 Å². The van der Waals surface area contributed by atoms with E-state index in [1.54, 1.807) is 38.6 Å². The molecule has 0 radical (unpaired) electrons. The van der Waals surface area contributed by atoms with Gasteiger partial charge in [-0.1, -0.05) is 12.1 Å². The zero-order chi connectivity index (χ0) is 15.5. The summed E-state index contributed by atoms with van der Waals surface area (Å²) in [6.07, 6.45) is 7.07. The molecule has 0 bridgehead atoms. The van der Waals surface area contributed by atoms with Crippen LogP contribution in [-0.4, -0.2) is 12.1 Å². The van der Waals surface area contributed by atoms with E-state index in [9.17, 15) is 4.39 Å². The highest BCUT2D eigenvalue weighted by atomic mass is 19.1. The number of rotatable bonds is 3. The summed E-state index contributed by atoms with van der Waals surface area (Å²) in [5, 5.41) is 2.11. The fourth-order valence-electron chi connectivity index (χ4n) is 2.44. The van der Waals surface area contributed by atoms with Gasteiger partial charge < -0.3 is 4.74 Å². The van der Waals surface area contributed by atoms with Crippen LogP contribution in [-0.2, 0) is 4.74 Å². The number of nitrogens with zero attached hydrogens (tertiary/aromatic N) is 1. The molecule has 0 amide bonds. The number of aromatic nitrogens is 1. The lowest BCUT2D eigenvalue weighted by Gasteiger charge is -2.10. The fourth-order valence-corrected chi connectivity index (χ4v) is 2.44. The third-order valence-electron chi connectivity index (χ3n) is 3.68. The predicted octanol–water partition coefficient (Wildman–Crippen LogP) is 4.97. The highest BCUT2D eigenvalue weighted by molar-refractivity contribution is 5.91. The molecule has 22 heavy (non-hydrogen) atoms. The Morgan fingerprint density at radius 2 is 1.95 bits per heavy atom. The molecule has 1 aromatic heterocycles. The first kappa shape index (κ1) is 14.3. The van der Waals surface area contributed by atoms with Gasteiger partial charge in [0.25, 0.3) is 0 Å². The van der Waals surface area contributed by atoms with Gasteiger partial charge in [0.05, 0.1) is 13.4 Å². The second kappa shape index (κ2) is 5.98. The molecule has 3 aromatic rings. The first-order valence-corrected chi connectivity index (χ1v) is 7.02. The molecular weight excluding hydrogens is 277 g/mol. The predicted molar refractivity (Wildman–Crippen MR) is 87.9 cm³/mol. The summed E-state index contributed by atoms with van der Waals surface area (Å²) in [5.41, 5.74) is 3.41. The van der Waals surface area contributed by atoms with Crippen LogP contribution in [0.1, 0.15) is 11.1 Å². The molecular formula is C19H16FNO. The monoisotopic (exact) mass is 293 g/mol. The maximum Gasteiger partial charge on any atom is 0.126 e. The normalized spacial score (nSPS) is 11.2. The van der Waals surface area contributed by atoms with Crippen molar-refractivity contribution in [3.63, 3.8) is 0 Å². The van der Waals surface area contributed by atoms with Crippen LogP contribution in [0.15, 0.2) is 55.1 Å². The Bertz CT molecular complexity index is 855. The molecule has 0 aliphatic heterocycles. The van der Waals surface area contributed by atoms with Crippen molar-refractivity contribution < 1.29 is 9.13 Å². The van der Waals surface area contributed by atoms with Gasteiger partial charge in [0.15, 0.2) is 0 Å². The molecule has 0 unspecified atom stereocenters. The molecule has 3 rings (SSSR count). The SMILES string of the molecule is CO/C=C/c1cc2cnccc2cc1-c1ccc(C)c(F)c1. The number of ether oxygens (including phenoxy) is 1. The topological polar surface area (TPSA) is 22.1 Å². The minimum Gasteiger partial charge on any atom is -0.504 e. The highest BCUT2D eigenvalue weighted by Gasteiger charge is 2.08. The summed E-state index contributed by atoms with van der Waals surface area (Å²) >= 11 is 0. The second-order valence-corrected chi connectivity index (χ2v) is 5.16. The van der Waals surface area contributed by atoms with E-state index < -0.39 is 0 Å². The Morgan fingerprint density at radius 1 is 1.09 bits per heavy atom. The van der Waals surface area contributed by atoms with Crippen LogP contribution < -0.4 is 0 Å². The van der Waals surface area contributed by atoms with Crippen molar-refractivity contribution in [3.05, 3.63) is 72.0 Å². The molecule has 0 fully saturated rings. The van der Waals surface area contributed by atoms with E-state index >= 15 is 0 Å². The van der Waals surface area contributed by atoms with Crippen molar-refractivity contribution >= 4 is 16.8 Å². The summed E-state index contributed by atoms with van der Waals surface area (Å²) in [5.74, 6) is -0.200. The molecule has 110 valence electrons. The molecule has 2 aromatic carbocycles. The largest absolute Gasteiger partial charge is 0.504 e. The van der Waals surface area contributed by atoms with Gasteiger partial charge in [0, 0.05) is 17.8 Å². The van der Waals surface area contributed by atoms with Gasteiger partial charge in [0.1, 0.15) is 5.82 Å². The maximum absolute atomic E-state index is 13.9. The number of aryl methyl sites for hydroxylation is 1. The minimum absolute atomic E-state index is 0.200. The number of methoxy groups -OCH3 is 1. The van der Waals surface area contributed by atoms with Crippen molar-refractivity contribution in [1.82, 2.24) is 4.98 Å². The van der Waals surface area contributed by atoms with Gasteiger partial charge in [0.2, 0.25) is 0 Å². The fraction of sp³-hybridized carbons (Fsp3) is 0.105. The summed E-state index contributed by atoms with van der Waals surface area (Å²) in [6, 6.07) is 11.3. The third kappa shape index (κ3) is 2.70. The van der Waals surface area contributed by atoms with E-state index in [1.165, 1.54) is 0 Å². The quantitative estimate of drug-likeness (QED) is 0.636. The average Bonchev–Trinajstić information content (AvgIpc) is 2.54. The summed E-state index contributed by atoms with van der Waals surface area (Å²) in [7, 11) is 1.60. The average molecular weight is 293 g/mol. The number of pyridine rings is 1. The lowest BCUT2D eigenvalue weighted by atomic mass is 9.95. The van der Waals surface area contributed by atoms with Gasteiger partial charge in [-0.05, 0) is 64.9 Å². The molecule has 0 spiro atoms. The number of hydrogen-bond acceptors (Lipinski definition) is 2. The minimum atomic E-state index is -0.200. The van der Waals surface area contributed by atoms with Crippen molar-refractivity contribution in [2.45, 2.75) is 6.92 Å². The zero-order valence-electron chi connectivity index (χ0n) is 12.5. The third-order valence-corrected chi connectivity index (χ3v) is 3.68. The number of fused-ring (bicyclic) bond motifs is 1. The van der Waals surface area contributed by atoms with E-state index in [-0.39, 0.29) is 5.82 Å². The Labute approximate surface area is 128 Å². The molecule has 2 nitrogen and oxygen atoms in total. The van der Waals surface area contributed by atoms with E-state index in [0.29, 0.717) is 5.56 Å². The molecule has 3 heteroatoms. The van der Waals surface area contributed by atoms with Crippen molar-refractivity contribution in [3.8, 4) is 11.1 Å². The smallest absolute Gasteiger partial charge is 0.126 e. The van der Waals surface area contributed by atoms with Crippen molar-refractivity contribution in [2.75, 3.05) is 7.11 Å². The molecule has 0 saturated carbocycles. The van der Waals surface area contributed by atoms with Crippen LogP contribution >= 0.6 is 0 Å². The van der Waals surface area contributed by atoms with Crippen molar-refractivity contribution in [2.24, 2.45) is 0 Å². The van der Waals surface area contributed by atoms with Gasteiger partial charge in [-0.25, -0.2) is 4.39 Å². The Morgan fingerprint density at radius 3 is 2.73 bits per heavy atom. The summed E-state index contributed by atoms with van der Waals surface area (Å²) in [4.78, 5) is 4.15. The van der Waals surface area contributed by atoms with Crippen LogP contribution in [0.5, 0.6) is 0 Å². The number of benzene rings is 2. The molecule has 0 aliphatic carbocycles. The number of halogens is 1. The summed E-state index contributed by atoms with van der Waals surface area (Å²) < 4.78 is 18.9. The van der Waals surface area contributed by atoms with Crippen molar-refractivity contribution in [1.29, 1.82) is 0 Å². The molecule has 0 aliphatic rings. The second-order valence-electron chi connectivity index (χ2n) is 5.16. The van der Waals surface area contributed by atoms with Crippen LogP contribution in [0.3, 0.4) is 0 Å². The van der Waals surface area contributed by atoms with Crippen LogP contribution in [0, 0.1) is 12.7 Å². The Kier molecular flexibility index (Phi) is 3.88. The zero-order valence-corrected chi connectivity index (χ0v) is 12.5. The maximum atomic E-state index is 13.9. The highest BCUT2D eigenvalue weighted by Crippen LogP contribution is 2.30. The van der Waals surface area contributed by atoms with E-state index in [0.717, 1.165) is 27.5 Å². The van der Waals surface area contributed by atoms with E-state index in [4.69, 9.17) is 4.74 Å². The van der Waals surface area contributed by atoms with Gasteiger partial charge >= 0.3 is 0 Å². The van der Waals surface area contributed by atoms with Crippen LogP contribution in [0.2, 0.25) is 0 Å². The Balaban J connectivity index is 2.24. The lowest BCUT2D eigenvalue weighted by molar-refractivity contribution is 0.341. The van der Waals surface area contributed by atoms with E-state index in [2.05, 4.69) is 11.1 Å². The first-order valence-electron chi connectivity index (χ1n) is 7.02. The lowest BCUT2D eigenvalue weighted by Crippen LogP contribution is -1.89. The Hall–Kier alpha value is -2.68. The first-order chi connectivity index (χ1) is 10.7. The molecule has 0 saturated heterocycles. The van der Waals surface area contributed by atoms with Crippen LogP contribution in [0.4, 0.5) is 4.39 Å². The standard InChI is InChI=1S/C19H16FNO/c1-13-3-4-15(11-19(13)20)18-10-14-5-7-21-12-17(14)9-16(18)6-8-22-2/h3-12H,1-2H3/b8-6+. The van der Waals surface area contributed by atoms with Gasteiger partial charge in [-0.2, -0.15) is 0 Å². The molecule has 0 N–H and O–H groups in total. The van der Waals surface area contributed by atoms with Gasteiger partial charge in [-0.15, -0.1) is 0 Å². The van der Waals surface area contributed by atoms with E-state index in [1.807, 2.05) is 30.5 Å². The number of hydrogen-bond donors (Lipinski definition) is 0.